The molecule has 4 nitrogen and oxygen atoms in total. The number of ether oxygens (including phenoxy) is 4. The van der Waals surface area contributed by atoms with Crippen molar-refractivity contribution in [1.29, 1.82) is 0 Å². The van der Waals surface area contributed by atoms with Gasteiger partial charge in [-0.05, 0) is 97.1 Å². The first kappa shape index (κ1) is 61.2. The van der Waals surface area contributed by atoms with E-state index in [1.807, 2.05) is 13.0 Å². The lowest BCUT2D eigenvalue weighted by Gasteiger charge is -2.38. The molecule has 0 spiro atoms. The summed E-state index contributed by atoms with van der Waals surface area (Å²) in [4.78, 5) is 0. The molecule has 0 heterocycles. The Hall–Kier alpha value is -9.36. The molecule has 0 saturated carbocycles. The SMILES string of the molecule is Cc1ccc(Oc2c(F)c(F)c(-c3c(F)c(F)c(Oc4ccc(C(c5ccc(Oc6c(F)c(F)c(-c7c(F)c(F)c(Oc8ccc(-c9ccc(C)cc9C)cc8)c(F)c7F)c(F)c6F)cc5)(C(F)(F)F)C(F)(F)F)cc4)c(F)c3F)c(F)c2F)cc1. The van der Waals surface area contributed by atoms with Crippen LogP contribution < -0.4 is 18.9 Å². The summed E-state index contributed by atoms with van der Waals surface area (Å²) in [6, 6.07) is 15.7. The zero-order chi connectivity index (χ0) is 63.0. The second-order valence-corrected chi connectivity index (χ2v) is 18.7. The molecule has 0 fully saturated rings. The monoisotopic (exact) mass is 1230 g/mol. The highest BCUT2D eigenvalue weighted by Crippen LogP contribution is 2.57. The van der Waals surface area contributed by atoms with Crippen molar-refractivity contribution < 1.29 is 116 Å². The van der Waals surface area contributed by atoms with Gasteiger partial charge in [-0.25, -0.2) is 35.1 Å². The van der Waals surface area contributed by atoms with Gasteiger partial charge in [0.2, 0.25) is 75.0 Å². The van der Waals surface area contributed by atoms with Gasteiger partial charge in [0.05, 0.1) is 22.3 Å². The van der Waals surface area contributed by atoms with Gasteiger partial charge in [-0.15, -0.1) is 0 Å². The third kappa shape index (κ3) is 10.4. The number of hydrogen-bond donors (Lipinski definition) is 0. The van der Waals surface area contributed by atoms with Crippen molar-refractivity contribution in [3.63, 3.8) is 0 Å². The van der Waals surface area contributed by atoms with Gasteiger partial charge in [-0.2, -0.15) is 61.5 Å². The molecule has 0 amide bonds. The molecular formula is C60H28F22O4. The van der Waals surface area contributed by atoms with Crippen LogP contribution in [0.15, 0.2) is 115 Å². The largest absolute Gasteiger partial charge is 0.451 e. The Morgan fingerprint density at radius 2 is 0.500 bits per heavy atom. The lowest BCUT2D eigenvalue weighted by molar-refractivity contribution is -0.288. The van der Waals surface area contributed by atoms with Gasteiger partial charge in [0.1, 0.15) is 23.0 Å². The fraction of sp³-hybridized carbons (Fsp3) is 0.100. The Morgan fingerprint density at radius 1 is 0.267 bits per heavy atom. The normalized spacial score (nSPS) is 12.0. The quantitative estimate of drug-likeness (QED) is 0.0852. The summed E-state index contributed by atoms with van der Waals surface area (Å²) in [5.74, 6) is -53.7. The summed E-state index contributed by atoms with van der Waals surface area (Å²) in [5.41, 5.74) is -14.8. The van der Waals surface area contributed by atoms with Crippen molar-refractivity contribution in [2.24, 2.45) is 0 Å². The number of aryl methyl sites for hydroxylation is 3. The highest BCUT2D eigenvalue weighted by atomic mass is 19.4. The van der Waals surface area contributed by atoms with Crippen molar-refractivity contribution in [3.8, 4) is 79.4 Å². The number of benzene rings is 9. The Labute approximate surface area is 468 Å². The fourth-order valence-electron chi connectivity index (χ4n) is 9.13. The summed E-state index contributed by atoms with van der Waals surface area (Å²) < 4.78 is 357. The topological polar surface area (TPSA) is 36.9 Å². The maximum atomic E-state index is 15.6. The van der Waals surface area contributed by atoms with Crippen molar-refractivity contribution in [1.82, 2.24) is 0 Å². The number of alkyl halides is 6. The molecule has 26 heteroatoms. The van der Waals surface area contributed by atoms with E-state index >= 15 is 96.6 Å². The molecule has 9 aromatic carbocycles. The van der Waals surface area contributed by atoms with Crippen LogP contribution in [-0.4, -0.2) is 12.4 Å². The minimum atomic E-state index is -6.48. The summed E-state index contributed by atoms with van der Waals surface area (Å²) >= 11 is 0. The predicted octanol–water partition coefficient (Wildman–Crippen LogP) is 20.4. The van der Waals surface area contributed by atoms with Crippen LogP contribution in [0.1, 0.15) is 27.8 Å². The van der Waals surface area contributed by atoms with Crippen LogP contribution >= 0.6 is 0 Å². The smallest absolute Gasteiger partial charge is 0.411 e. The van der Waals surface area contributed by atoms with E-state index in [-0.39, 0.29) is 48.5 Å². The van der Waals surface area contributed by atoms with E-state index in [1.54, 1.807) is 26.0 Å². The number of hydrogen-bond acceptors (Lipinski definition) is 4. The van der Waals surface area contributed by atoms with Crippen LogP contribution in [0.4, 0.5) is 96.6 Å². The van der Waals surface area contributed by atoms with Crippen molar-refractivity contribution in [2.45, 2.75) is 38.5 Å². The lowest BCUT2D eigenvalue weighted by atomic mass is 9.73. The molecular weight excluding hydrogens is 1200 g/mol. The average Bonchev–Trinajstić information content (AvgIpc) is 0.742. The molecule has 0 saturated heterocycles. The second kappa shape index (κ2) is 22.6. The van der Waals surface area contributed by atoms with Gasteiger partial charge in [0.25, 0.3) is 0 Å². The maximum absolute atomic E-state index is 15.6. The first-order valence-electron chi connectivity index (χ1n) is 24.1. The molecule has 0 aromatic heterocycles. The van der Waals surface area contributed by atoms with Gasteiger partial charge < -0.3 is 18.9 Å². The summed E-state index contributed by atoms with van der Waals surface area (Å²) in [7, 11) is 0. The molecule has 9 aromatic rings. The molecule has 0 aliphatic rings. The standard InChI is InChI=1S/C60H28F22O4/c1-23-4-13-29(14-5-23)83-54-46(69)38(61)34(39(62)47(54)70)36-42(65)50(73)56(51(74)43(36)66)85-31-17-9-27(10-18-31)58(59(77,78)79,60(80,81)82)28-11-19-32(20-12-28)86-57-52(75)44(67)37(45(68)53(57)76)35-40(63)48(71)55(49(72)41(35)64)84-30-15-7-26(8-16-30)33-21-6-24(2)22-25(33)3/h4-22H,1-3H3. The molecule has 0 N–H and O–H groups in total. The molecule has 86 heavy (non-hydrogen) atoms. The summed E-state index contributed by atoms with van der Waals surface area (Å²) in [6.45, 7) is 5.19. The van der Waals surface area contributed by atoms with E-state index in [2.05, 4.69) is 0 Å². The highest BCUT2D eigenvalue weighted by Gasteiger charge is 2.72. The van der Waals surface area contributed by atoms with Gasteiger partial charge in [-0.3, -0.25) is 0 Å². The zero-order valence-electron chi connectivity index (χ0n) is 42.9. The highest BCUT2D eigenvalue weighted by molar-refractivity contribution is 5.72. The third-order valence-electron chi connectivity index (χ3n) is 13.3. The minimum Gasteiger partial charge on any atom is -0.451 e. The minimum absolute atomic E-state index is 0.0389. The number of halogens is 22. The van der Waals surface area contributed by atoms with Crippen LogP contribution in [0.2, 0.25) is 0 Å². The van der Waals surface area contributed by atoms with Crippen LogP contribution in [0, 0.1) is 114 Å². The van der Waals surface area contributed by atoms with Crippen molar-refractivity contribution in [2.75, 3.05) is 0 Å². The lowest BCUT2D eigenvalue weighted by Crippen LogP contribution is -2.54. The van der Waals surface area contributed by atoms with E-state index in [1.165, 1.54) is 24.3 Å². The van der Waals surface area contributed by atoms with Gasteiger partial charge >= 0.3 is 12.4 Å². The molecule has 446 valence electrons. The van der Waals surface area contributed by atoms with E-state index in [0.717, 1.165) is 41.0 Å². The van der Waals surface area contributed by atoms with Crippen molar-refractivity contribution in [3.05, 3.63) is 236 Å². The average molecular weight is 1230 g/mol. The van der Waals surface area contributed by atoms with E-state index in [9.17, 15) is 0 Å². The summed E-state index contributed by atoms with van der Waals surface area (Å²) in [5, 5.41) is 0. The zero-order valence-corrected chi connectivity index (χ0v) is 42.9. The Morgan fingerprint density at radius 3 is 0.744 bits per heavy atom. The molecule has 0 unspecified atom stereocenters. The molecule has 0 atom stereocenters. The van der Waals surface area contributed by atoms with Gasteiger partial charge in [0.15, 0.2) is 46.5 Å². The van der Waals surface area contributed by atoms with Crippen LogP contribution in [0.25, 0.3) is 33.4 Å². The molecule has 0 aliphatic carbocycles. The first-order valence-corrected chi connectivity index (χ1v) is 24.1. The van der Waals surface area contributed by atoms with Crippen LogP contribution in [0.3, 0.4) is 0 Å². The maximum Gasteiger partial charge on any atom is 0.411 e. The van der Waals surface area contributed by atoms with Crippen LogP contribution in [-0.2, 0) is 5.41 Å². The number of rotatable bonds is 13. The van der Waals surface area contributed by atoms with Crippen molar-refractivity contribution >= 4 is 0 Å². The Balaban J connectivity index is 0.989. The third-order valence-corrected chi connectivity index (χ3v) is 13.3. The molecule has 0 radical (unpaired) electrons. The molecule has 0 bridgehead atoms. The van der Waals surface area contributed by atoms with E-state index in [4.69, 9.17) is 18.9 Å². The molecule has 0 aliphatic heterocycles. The Bertz CT molecular complexity index is 4030. The van der Waals surface area contributed by atoms with Crippen LogP contribution in [0.5, 0.6) is 46.0 Å². The van der Waals surface area contributed by atoms with Gasteiger partial charge in [-0.1, -0.05) is 77.9 Å². The first-order chi connectivity index (χ1) is 40.3. The predicted molar refractivity (Wildman–Crippen MR) is 262 cm³/mol. The van der Waals surface area contributed by atoms with E-state index in [0.29, 0.717) is 11.1 Å². The van der Waals surface area contributed by atoms with E-state index < -0.39 is 190 Å². The fourth-order valence-corrected chi connectivity index (χ4v) is 9.13. The van der Waals surface area contributed by atoms with Gasteiger partial charge in [0, 0.05) is 0 Å². The molecule has 9 rings (SSSR count). The summed E-state index contributed by atoms with van der Waals surface area (Å²) in [6.07, 6.45) is -13.0. The Kier molecular flexibility index (Phi) is 16.1. The second-order valence-electron chi connectivity index (χ2n) is 18.7.